The summed E-state index contributed by atoms with van der Waals surface area (Å²) in [6.45, 7) is 4.81. The summed E-state index contributed by atoms with van der Waals surface area (Å²) in [4.78, 5) is 41.8. The molecule has 2 aromatic carbocycles. The number of aryl methyl sites for hydroxylation is 1. The number of hydrogen-bond acceptors (Lipinski definition) is 5. The van der Waals surface area contributed by atoms with Crippen LogP contribution in [0.1, 0.15) is 30.9 Å². The zero-order valence-corrected chi connectivity index (χ0v) is 19.0. The van der Waals surface area contributed by atoms with Gasteiger partial charge in [0.1, 0.15) is 6.54 Å². The molecule has 1 unspecified atom stereocenters. The van der Waals surface area contributed by atoms with Crippen molar-refractivity contribution in [2.75, 3.05) is 31.1 Å². The second-order valence-electron chi connectivity index (χ2n) is 8.31. The first-order valence-electron chi connectivity index (χ1n) is 11.3. The van der Waals surface area contributed by atoms with E-state index in [0.29, 0.717) is 37.6 Å². The number of piperidine rings is 1. The highest BCUT2D eigenvalue weighted by Gasteiger charge is 2.35. The first-order chi connectivity index (χ1) is 16.0. The van der Waals surface area contributed by atoms with Crippen LogP contribution < -0.4 is 9.64 Å². The summed E-state index contributed by atoms with van der Waals surface area (Å²) in [5.41, 5.74) is 2.47. The Bertz CT molecular complexity index is 1090. The normalized spacial score (nSPS) is 19.2. The summed E-state index contributed by atoms with van der Waals surface area (Å²) in [6, 6.07) is 14.9. The molecule has 0 bridgehead atoms. The summed E-state index contributed by atoms with van der Waals surface area (Å²) in [5, 5.41) is 0. The van der Waals surface area contributed by atoms with Crippen molar-refractivity contribution >= 4 is 29.5 Å². The number of anilines is 1. The van der Waals surface area contributed by atoms with Crippen LogP contribution in [0.2, 0.25) is 0 Å². The van der Waals surface area contributed by atoms with Crippen molar-refractivity contribution in [3.8, 4) is 5.75 Å². The maximum atomic E-state index is 13.3. The standard InChI is InChI=1S/C26H28N2O5/c1-3-32-26(31)20-10-7-13-27(16-20)24(29)17-28-21-11-4-5-12-22(21)33-23(25(28)30)15-19-9-6-8-18(2)14-19/h4-6,8-9,11-12,14-15,20H,3,7,10,13,16-17H2,1-2H3. The molecule has 7 heteroatoms. The van der Waals surface area contributed by atoms with Gasteiger partial charge in [-0.1, -0.05) is 42.0 Å². The molecule has 0 spiro atoms. The lowest BCUT2D eigenvalue weighted by Crippen LogP contribution is -2.49. The van der Waals surface area contributed by atoms with Gasteiger partial charge in [-0.25, -0.2) is 0 Å². The smallest absolute Gasteiger partial charge is 0.310 e. The molecule has 0 aliphatic carbocycles. The largest absolute Gasteiger partial charge is 0.466 e. The van der Waals surface area contributed by atoms with Gasteiger partial charge in [-0.2, -0.15) is 0 Å². The molecule has 2 heterocycles. The Kier molecular flexibility index (Phi) is 6.77. The number of fused-ring (bicyclic) bond motifs is 1. The molecule has 0 aromatic heterocycles. The molecule has 2 amide bonds. The third-order valence-corrected chi connectivity index (χ3v) is 5.86. The van der Waals surface area contributed by atoms with E-state index in [4.69, 9.17) is 9.47 Å². The van der Waals surface area contributed by atoms with Crippen molar-refractivity contribution in [3.05, 3.63) is 65.4 Å². The van der Waals surface area contributed by atoms with E-state index in [1.807, 2.05) is 37.3 Å². The maximum absolute atomic E-state index is 13.3. The Balaban J connectivity index is 1.56. The number of nitrogens with zero attached hydrogens (tertiary/aromatic N) is 2. The molecule has 2 aliphatic heterocycles. The minimum atomic E-state index is -0.373. The SMILES string of the molecule is CCOC(=O)C1CCCN(C(=O)CN2C(=O)C(=Cc3cccc(C)c3)Oc3ccccc32)C1. The molecule has 7 nitrogen and oxygen atoms in total. The number of ether oxygens (including phenoxy) is 2. The van der Waals surface area contributed by atoms with Crippen molar-refractivity contribution in [3.63, 3.8) is 0 Å². The van der Waals surface area contributed by atoms with Crippen LogP contribution in [0.5, 0.6) is 5.75 Å². The summed E-state index contributed by atoms with van der Waals surface area (Å²) in [6.07, 6.45) is 3.12. The number of rotatable bonds is 5. The van der Waals surface area contributed by atoms with Gasteiger partial charge in [0.2, 0.25) is 5.91 Å². The van der Waals surface area contributed by atoms with Gasteiger partial charge in [-0.05, 0) is 50.5 Å². The summed E-state index contributed by atoms with van der Waals surface area (Å²) in [5.74, 6) is -0.494. The van der Waals surface area contributed by atoms with Crippen LogP contribution in [-0.4, -0.2) is 48.9 Å². The van der Waals surface area contributed by atoms with Crippen molar-refractivity contribution in [2.45, 2.75) is 26.7 Å². The molecule has 0 radical (unpaired) electrons. The van der Waals surface area contributed by atoms with Gasteiger partial charge in [0.15, 0.2) is 11.5 Å². The monoisotopic (exact) mass is 448 g/mol. The molecule has 33 heavy (non-hydrogen) atoms. The molecule has 1 fully saturated rings. The van der Waals surface area contributed by atoms with E-state index < -0.39 is 0 Å². The number of hydrogen-bond donors (Lipinski definition) is 0. The molecule has 1 saturated heterocycles. The van der Waals surface area contributed by atoms with Gasteiger partial charge in [-0.3, -0.25) is 19.3 Å². The van der Waals surface area contributed by atoms with Gasteiger partial charge < -0.3 is 14.4 Å². The van der Waals surface area contributed by atoms with E-state index in [1.165, 1.54) is 4.90 Å². The fourth-order valence-electron chi connectivity index (χ4n) is 4.22. The lowest BCUT2D eigenvalue weighted by atomic mass is 9.98. The van der Waals surface area contributed by atoms with Crippen LogP contribution in [-0.2, 0) is 19.1 Å². The molecular formula is C26H28N2O5. The average molecular weight is 449 g/mol. The van der Waals surface area contributed by atoms with Crippen molar-refractivity contribution in [2.24, 2.45) is 5.92 Å². The van der Waals surface area contributed by atoms with Crippen LogP contribution >= 0.6 is 0 Å². The molecule has 0 N–H and O–H groups in total. The van der Waals surface area contributed by atoms with Crippen LogP contribution in [0.3, 0.4) is 0 Å². The molecule has 2 aliphatic rings. The third-order valence-electron chi connectivity index (χ3n) is 5.86. The lowest BCUT2D eigenvalue weighted by molar-refractivity contribution is -0.151. The number of benzene rings is 2. The van der Waals surface area contributed by atoms with Gasteiger partial charge in [0.25, 0.3) is 5.91 Å². The van der Waals surface area contributed by atoms with Crippen molar-refractivity contribution < 1.29 is 23.9 Å². The van der Waals surface area contributed by atoms with Crippen LogP contribution in [0.25, 0.3) is 6.08 Å². The van der Waals surface area contributed by atoms with E-state index in [2.05, 4.69) is 0 Å². The highest BCUT2D eigenvalue weighted by molar-refractivity contribution is 6.12. The number of likely N-dealkylation sites (tertiary alicyclic amines) is 1. The van der Waals surface area contributed by atoms with Crippen molar-refractivity contribution in [1.29, 1.82) is 0 Å². The fourth-order valence-corrected chi connectivity index (χ4v) is 4.22. The Morgan fingerprint density at radius 1 is 1.18 bits per heavy atom. The van der Waals surface area contributed by atoms with E-state index in [9.17, 15) is 14.4 Å². The molecule has 2 aromatic rings. The molecular weight excluding hydrogens is 420 g/mol. The third kappa shape index (κ3) is 5.08. The summed E-state index contributed by atoms with van der Waals surface area (Å²) >= 11 is 0. The molecule has 0 saturated carbocycles. The maximum Gasteiger partial charge on any atom is 0.310 e. The lowest BCUT2D eigenvalue weighted by Gasteiger charge is -2.35. The van der Waals surface area contributed by atoms with E-state index >= 15 is 0 Å². The zero-order chi connectivity index (χ0) is 23.4. The summed E-state index contributed by atoms with van der Waals surface area (Å²) < 4.78 is 11.0. The number of para-hydroxylation sites is 2. The van der Waals surface area contributed by atoms with Gasteiger partial charge in [0.05, 0.1) is 18.2 Å². The van der Waals surface area contributed by atoms with Crippen LogP contribution in [0, 0.1) is 12.8 Å². The van der Waals surface area contributed by atoms with Crippen LogP contribution in [0.4, 0.5) is 5.69 Å². The quantitative estimate of drug-likeness (QED) is 0.516. The van der Waals surface area contributed by atoms with Crippen molar-refractivity contribution in [1.82, 2.24) is 4.90 Å². The zero-order valence-electron chi connectivity index (χ0n) is 19.0. The van der Waals surface area contributed by atoms with Gasteiger partial charge in [0, 0.05) is 13.1 Å². The Morgan fingerprint density at radius 3 is 2.79 bits per heavy atom. The van der Waals surface area contributed by atoms with Gasteiger partial charge in [-0.15, -0.1) is 0 Å². The fraction of sp³-hybridized carbons (Fsp3) is 0.346. The molecule has 4 rings (SSSR count). The Hall–Kier alpha value is -3.61. The van der Waals surface area contributed by atoms with E-state index in [-0.39, 0.29) is 36.0 Å². The number of esters is 1. The predicted octanol–water partition coefficient (Wildman–Crippen LogP) is 3.56. The average Bonchev–Trinajstić information content (AvgIpc) is 2.82. The predicted molar refractivity (Wildman–Crippen MR) is 125 cm³/mol. The summed E-state index contributed by atoms with van der Waals surface area (Å²) in [7, 11) is 0. The van der Waals surface area contributed by atoms with Gasteiger partial charge >= 0.3 is 5.97 Å². The minimum Gasteiger partial charge on any atom is -0.466 e. The molecule has 1 atom stereocenters. The Labute approximate surface area is 193 Å². The first kappa shape index (κ1) is 22.6. The second kappa shape index (κ2) is 9.90. The van der Waals surface area contributed by atoms with Crippen LogP contribution in [0.15, 0.2) is 54.3 Å². The minimum absolute atomic E-state index is 0.125. The second-order valence-corrected chi connectivity index (χ2v) is 8.31. The van der Waals surface area contributed by atoms with E-state index in [1.54, 1.807) is 36.1 Å². The highest BCUT2D eigenvalue weighted by Crippen LogP contribution is 2.35. The Morgan fingerprint density at radius 2 is 2.00 bits per heavy atom. The number of carbonyl (C=O) groups is 3. The van der Waals surface area contributed by atoms with E-state index in [0.717, 1.165) is 17.5 Å². The number of amides is 2. The highest BCUT2D eigenvalue weighted by atomic mass is 16.5. The topological polar surface area (TPSA) is 76.2 Å². The number of carbonyl (C=O) groups excluding carboxylic acids is 3. The first-order valence-corrected chi connectivity index (χ1v) is 11.3. The molecule has 172 valence electrons.